The molecule has 2 saturated carbocycles. The van der Waals surface area contributed by atoms with E-state index in [4.69, 9.17) is 9.47 Å². The van der Waals surface area contributed by atoms with Crippen LogP contribution in [-0.4, -0.2) is 52.2 Å². The maximum atomic E-state index is 14.6. The SMILES string of the molecule is C=CC1(c2cc(C(=O)OC)ccc2-c2cc(OC)ncc2F)CCCC1.C=CC1(c2cc(C(=O)OC)ccc2OS(=O)(=O)C(F)(F)F)CCCC1. The van der Waals surface area contributed by atoms with Gasteiger partial charge < -0.3 is 18.4 Å². The smallest absolute Gasteiger partial charge is 0.481 e. The van der Waals surface area contributed by atoms with Crippen molar-refractivity contribution in [1.29, 1.82) is 0 Å². The topological polar surface area (TPSA) is 118 Å². The van der Waals surface area contributed by atoms with Crippen molar-refractivity contribution < 1.29 is 54.0 Å². The van der Waals surface area contributed by atoms with Gasteiger partial charge in [-0.2, -0.15) is 21.6 Å². The van der Waals surface area contributed by atoms with Crippen LogP contribution < -0.4 is 8.92 Å². The van der Waals surface area contributed by atoms with Gasteiger partial charge in [0.05, 0.1) is 38.7 Å². The van der Waals surface area contributed by atoms with E-state index < -0.39 is 44.5 Å². The van der Waals surface area contributed by atoms with Gasteiger partial charge in [-0.1, -0.05) is 43.9 Å². The lowest BCUT2D eigenvalue weighted by Gasteiger charge is -2.29. The molecule has 51 heavy (non-hydrogen) atoms. The number of carbonyl (C=O) groups is 2. The Kier molecular flexibility index (Phi) is 12.0. The number of nitrogens with zero attached hydrogens (tertiary/aromatic N) is 1. The van der Waals surface area contributed by atoms with Gasteiger partial charge in [0.1, 0.15) is 11.6 Å². The number of ether oxygens (including phenoxy) is 3. The van der Waals surface area contributed by atoms with Gasteiger partial charge in [-0.3, -0.25) is 0 Å². The standard InChI is InChI=1S/C21H22FNO3.C16H17F3O5S/c1-4-21(9-5-6-10-21)17-11-14(20(24)26-3)7-8-15(17)16-12-19(25-2)23-13-18(16)22;1-3-15(8-4-5-9-15)12-10-11(14(20)23-2)6-7-13(12)24-25(21,22)16(17,18)19/h4,7-8,11-13H,1,5-6,9-10H2,2-3H3;3,6-7,10H,1,4-5,8-9H2,2H3. The van der Waals surface area contributed by atoms with E-state index in [0.29, 0.717) is 29.8 Å². The molecule has 0 unspecified atom stereocenters. The van der Waals surface area contributed by atoms with Crippen molar-refractivity contribution in [2.75, 3.05) is 21.3 Å². The zero-order valence-electron chi connectivity index (χ0n) is 28.5. The number of alkyl halides is 3. The third-order valence-corrected chi connectivity index (χ3v) is 10.5. The molecule has 0 amide bonds. The zero-order chi connectivity index (χ0) is 37.6. The van der Waals surface area contributed by atoms with Crippen molar-refractivity contribution in [1.82, 2.24) is 4.98 Å². The molecule has 0 saturated heterocycles. The fraction of sp³-hybridized carbons (Fsp3) is 0.378. The summed E-state index contributed by atoms with van der Waals surface area (Å²) in [5.41, 5.74) is -3.89. The Morgan fingerprint density at radius 1 is 0.784 bits per heavy atom. The molecule has 0 atom stereocenters. The van der Waals surface area contributed by atoms with Gasteiger partial charge in [0.2, 0.25) is 5.88 Å². The number of esters is 2. The Balaban J connectivity index is 0.000000229. The van der Waals surface area contributed by atoms with E-state index >= 15 is 0 Å². The summed E-state index contributed by atoms with van der Waals surface area (Å²) in [7, 11) is -1.82. The van der Waals surface area contributed by atoms with Crippen LogP contribution in [0.3, 0.4) is 0 Å². The van der Waals surface area contributed by atoms with Crippen molar-refractivity contribution in [3.05, 3.63) is 102 Å². The van der Waals surface area contributed by atoms with Crippen molar-refractivity contribution in [3.63, 3.8) is 0 Å². The lowest BCUT2D eigenvalue weighted by atomic mass is 9.75. The minimum Gasteiger partial charge on any atom is -0.481 e. The second-order valence-electron chi connectivity index (χ2n) is 12.3. The number of pyridine rings is 1. The number of hydrogen-bond acceptors (Lipinski definition) is 9. The summed E-state index contributed by atoms with van der Waals surface area (Å²) in [5, 5.41) is 0. The third-order valence-electron chi connectivity index (χ3n) is 9.50. The number of aromatic nitrogens is 1. The predicted octanol–water partition coefficient (Wildman–Crippen LogP) is 8.38. The summed E-state index contributed by atoms with van der Waals surface area (Å²) in [4.78, 5) is 27.7. The third kappa shape index (κ3) is 8.11. The highest BCUT2D eigenvalue weighted by Crippen LogP contribution is 2.48. The number of methoxy groups -OCH3 is 3. The number of benzene rings is 2. The predicted molar refractivity (Wildman–Crippen MR) is 182 cm³/mol. The monoisotopic (exact) mass is 733 g/mol. The zero-order valence-corrected chi connectivity index (χ0v) is 29.3. The minimum absolute atomic E-state index is 0.0855. The molecule has 2 aliphatic carbocycles. The summed E-state index contributed by atoms with van der Waals surface area (Å²) in [6.07, 6.45) is 11.3. The number of carbonyl (C=O) groups excluding carboxylic acids is 2. The highest BCUT2D eigenvalue weighted by molar-refractivity contribution is 7.88. The fourth-order valence-corrected chi connectivity index (χ4v) is 7.23. The molecular formula is C37H39F4NO8S. The average molecular weight is 734 g/mol. The largest absolute Gasteiger partial charge is 0.534 e. The molecule has 1 heterocycles. The number of rotatable bonds is 10. The summed E-state index contributed by atoms with van der Waals surface area (Å²) in [6, 6.07) is 10.3. The summed E-state index contributed by atoms with van der Waals surface area (Å²) in [5.74, 6) is -1.67. The molecule has 1 aromatic heterocycles. The molecular weight excluding hydrogens is 694 g/mol. The van der Waals surface area contributed by atoms with Gasteiger partial charge in [0.25, 0.3) is 0 Å². The van der Waals surface area contributed by atoms with Crippen molar-refractivity contribution in [2.24, 2.45) is 0 Å². The van der Waals surface area contributed by atoms with Gasteiger partial charge in [-0.15, -0.1) is 13.2 Å². The molecule has 5 rings (SSSR count). The van der Waals surface area contributed by atoms with Crippen LogP contribution in [0.25, 0.3) is 11.1 Å². The molecule has 0 bridgehead atoms. The normalized spacial score (nSPS) is 16.3. The van der Waals surface area contributed by atoms with Crippen molar-refractivity contribution in [3.8, 4) is 22.8 Å². The second-order valence-corrected chi connectivity index (χ2v) is 13.8. The Morgan fingerprint density at radius 3 is 1.75 bits per heavy atom. The molecule has 14 heteroatoms. The average Bonchev–Trinajstić information content (AvgIpc) is 3.82. The van der Waals surface area contributed by atoms with Gasteiger partial charge in [0.15, 0.2) is 0 Å². The van der Waals surface area contributed by atoms with Crippen LogP contribution in [0.15, 0.2) is 74.0 Å². The van der Waals surface area contributed by atoms with E-state index in [1.807, 2.05) is 6.08 Å². The molecule has 0 radical (unpaired) electrons. The maximum absolute atomic E-state index is 14.6. The van der Waals surface area contributed by atoms with Crippen LogP contribution in [0.2, 0.25) is 0 Å². The first kappa shape index (κ1) is 39.1. The molecule has 2 fully saturated rings. The van der Waals surface area contributed by atoms with Gasteiger partial charge in [-0.05, 0) is 67.1 Å². The summed E-state index contributed by atoms with van der Waals surface area (Å²) >= 11 is 0. The van der Waals surface area contributed by atoms with Gasteiger partial charge in [0, 0.05) is 28.0 Å². The van der Waals surface area contributed by atoms with Crippen molar-refractivity contribution in [2.45, 2.75) is 67.7 Å². The van der Waals surface area contributed by atoms with Crippen molar-refractivity contribution >= 4 is 22.1 Å². The minimum atomic E-state index is -5.83. The first-order valence-electron chi connectivity index (χ1n) is 16.0. The van der Waals surface area contributed by atoms with E-state index in [-0.39, 0.29) is 16.5 Å². The van der Waals surface area contributed by atoms with E-state index in [0.717, 1.165) is 68.0 Å². The summed E-state index contributed by atoms with van der Waals surface area (Å²) < 4.78 is 94.3. The van der Waals surface area contributed by atoms with E-state index in [1.165, 1.54) is 27.4 Å². The van der Waals surface area contributed by atoms with Gasteiger partial charge >= 0.3 is 27.6 Å². The molecule has 3 aromatic rings. The number of allylic oxidation sites excluding steroid dienone is 2. The van der Waals surface area contributed by atoms with Gasteiger partial charge in [-0.25, -0.2) is 19.0 Å². The van der Waals surface area contributed by atoms with Crippen LogP contribution in [0.4, 0.5) is 17.6 Å². The van der Waals surface area contributed by atoms with E-state index in [2.05, 4.69) is 27.1 Å². The second kappa shape index (κ2) is 15.7. The lowest BCUT2D eigenvalue weighted by molar-refractivity contribution is -0.0500. The summed E-state index contributed by atoms with van der Waals surface area (Å²) in [6.45, 7) is 7.76. The van der Waals surface area contributed by atoms with E-state index in [9.17, 15) is 35.6 Å². The fourth-order valence-electron chi connectivity index (χ4n) is 6.75. The quantitative estimate of drug-likeness (QED) is 0.0666. The molecule has 9 nitrogen and oxygen atoms in total. The first-order chi connectivity index (χ1) is 24.1. The lowest BCUT2D eigenvalue weighted by Crippen LogP contribution is -2.30. The number of halogens is 4. The van der Waals surface area contributed by atoms with Crippen LogP contribution in [0.1, 0.15) is 83.2 Å². The highest BCUT2D eigenvalue weighted by atomic mass is 32.2. The Morgan fingerprint density at radius 2 is 1.27 bits per heavy atom. The molecule has 274 valence electrons. The Labute approximate surface area is 294 Å². The highest BCUT2D eigenvalue weighted by Gasteiger charge is 2.49. The Bertz CT molecular complexity index is 1900. The molecule has 0 aliphatic heterocycles. The molecule has 2 aliphatic rings. The Hall–Kier alpha value is -4.72. The number of hydrogen-bond donors (Lipinski definition) is 0. The van der Waals surface area contributed by atoms with Crippen LogP contribution in [-0.2, 0) is 30.4 Å². The van der Waals surface area contributed by atoms with E-state index in [1.54, 1.807) is 30.3 Å². The van der Waals surface area contributed by atoms with Crippen LogP contribution in [0, 0.1) is 5.82 Å². The molecule has 0 N–H and O–H groups in total. The van der Waals surface area contributed by atoms with Crippen LogP contribution >= 0.6 is 0 Å². The first-order valence-corrected chi connectivity index (χ1v) is 17.4. The maximum Gasteiger partial charge on any atom is 0.534 e. The molecule has 0 spiro atoms. The van der Waals surface area contributed by atoms with Crippen LogP contribution in [0.5, 0.6) is 11.6 Å². The molecule has 2 aromatic carbocycles.